The molecule has 0 radical (unpaired) electrons. The van der Waals surface area contributed by atoms with E-state index in [0.29, 0.717) is 40.7 Å². The van der Waals surface area contributed by atoms with Crippen LogP contribution in [-0.4, -0.2) is 54.1 Å². The third-order valence-corrected chi connectivity index (χ3v) is 5.50. The van der Waals surface area contributed by atoms with Gasteiger partial charge in [0.2, 0.25) is 0 Å². The molecule has 0 aliphatic heterocycles. The fourth-order valence-corrected chi connectivity index (χ4v) is 3.76. The second-order valence-electron chi connectivity index (χ2n) is 7.87. The molecular weight excluding hydrogens is 543 g/mol. The van der Waals surface area contributed by atoms with Crippen molar-refractivity contribution in [3.05, 3.63) is 46.9 Å². The number of nitrogens with zero attached hydrogens (tertiary/aromatic N) is 5. The quantitative estimate of drug-likeness (QED) is 0.298. The molecule has 3 aromatic heterocycles. The van der Waals surface area contributed by atoms with Crippen LogP contribution in [-0.2, 0) is 11.3 Å². The SMILES string of the molecule is CC#CCn1cc2c(Cl)cc(C(C)NC(=O)c3c(N)nn4cccnc34)c(OCC)c2n1.O=C(O)C(F)(F)F. The topological polar surface area (TPSA) is 150 Å². The minimum Gasteiger partial charge on any atom is -0.491 e. The number of halogens is 4. The molecule has 4 rings (SSSR count). The molecule has 4 aromatic rings. The van der Waals surface area contributed by atoms with Crippen molar-refractivity contribution in [2.24, 2.45) is 0 Å². The van der Waals surface area contributed by atoms with E-state index in [0.717, 1.165) is 5.39 Å². The monoisotopic (exact) mass is 565 g/mol. The first-order valence-electron chi connectivity index (χ1n) is 11.3. The Morgan fingerprint density at radius 3 is 2.64 bits per heavy atom. The summed E-state index contributed by atoms with van der Waals surface area (Å²) in [6.07, 6.45) is 0.0127. The number of benzene rings is 1. The van der Waals surface area contributed by atoms with Crippen LogP contribution in [0.4, 0.5) is 19.0 Å². The Morgan fingerprint density at radius 1 is 1.33 bits per heavy atom. The Bertz CT molecular complexity index is 1590. The number of anilines is 1. The van der Waals surface area contributed by atoms with Gasteiger partial charge in [0.25, 0.3) is 5.91 Å². The third-order valence-electron chi connectivity index (χ3n) is 5.19. The molecule has 1 amide bonds. The molecule has 0 fully saturated rings. The van der Waals surface area contributed by atoms with Crippen molar-refractivity contribution in [3.63, 3.8) is 0 Å². The lowest BCUT2D eigenvalue weighted by Gasteiger charge is -2.19. The maximum Gasteiger partial charge on any atom is 0.490 e. The molecule has 0 spiro atoms. The number of rotatable bonds is 6. The number of carbonyl (C=O) groups excluding carboxylic acids is 1. The number of carboxylic acids is 1. The average Bonchev–Trinajstić information content (AvgIpc) is 3.45. The number of nitrogens with one attached hydrogen (secondary N) is 1. The van der Waals surface area contributed by atoms with Crippen molar-refractivity contribution in [1.82, 2.24) is 29.7 Å². The normalized spacial score (nSPS) is 11.8. The van der Waals surface area contributed by atoms with E-state index in [1.54, 1.807) is 36.1 Å². The molecule has 4 N–H and O–H groups in total. The summed E-state index contributed by atoms with van der Waals surface area (Å²) in [6.45, 7) is 6.37. The molecule has 0 bridgehead atoms. The Labute approximate surface area is 224 Å². The van der Waals surface area contributed by atoms with Gasteiger partial charge in [0, 0.05) is 29.5 Å². The molecule has 0 saturated heterocycles. The van der Waals surface area contributed by atoms with Crippen molar-refractivity contribution in [2.75, 3.05) is 12.3 Å². The number of nitrogen functional groups attached to an aromatic ring is 1. The van der Waals surface area contributed by atoms with Crippen molar-refractivity contribution in [3.8, 4) is 17.6 Å². The summed E-state index contributed by atoms with van der Waals surface area (Å²) >= 11 is 6.56. The number of carbonyl (C=O) groups is 2. The van der Waals surface area contributed by atoms with Gasteiger partial charge in [-0.05, 0) is 32.9 Å². The van der Waals surface area contributed by atoms with Crippen molar-refractivity contribution in [2.45, 2.75) is 39.5 Å². The number of hydrogen-bond acceptors (Lipinski definition) is 7. The number of alkyl halides is 3. The molecule has 3 heterocycles. The Hall–Kier alpha value is -4.51. The molecular formula is C24H23ClF3N7O4. The fourth-order valence-electron chi connectivity index (χ4n) is 3.51. The molecule has 0 saturated carbocycles. The summed E-state index contributed by atoms with van der Waals surface area (Å²) < 4.78 is 40.9. The summed E-state index contributed by atoms with van der Waals surface area (Å²) in [6, 6.07) is 3.04. The molecule has 1 unspecified atom stereocenters. The predicted molar refractivity (Wildman–Crippen MR) is 136 cm³/mol. The number of nitrogens with two attached hydrogens (primary N) is 1. The van der Waals surface area contributed by atoms with Gasteiger partial charge in [-0.15, -0.1) is 11.0 Å². The lowest BCUT2D eigenvalue weighted by molar-refractivity contribution is -0.192. The Balaban J connectivity index is 0.000000532. The predicted octanol–water partition coefficient (Wildman–Crippen LogP) is 3.86. The van der Waals surface area contributed by atoms with E-state index in [9.17, 15) is 18.0 Å². The van der Waals surface area contributed by atoms with E-state index < -0.39 is 24.1 Å². The molecule has 11 nitrogen and oxygen atoms in total. The van der Waals surface area contributed by atoms with E-state index in [1.165, 1.54) is 4.52 Å². The molecule has 1 aromatic carbocycles. The maximum atomic E-state index is 13.1. The number of fused-ring (bicyclic) bond motifs is 2. The first-order valence-corrected chi connectivity index (χ1v) is 11.7. The molecule has 0 aliphatic carbocycles. The van der Waals surface area contributed by atoms with Gasteiger partial charge in [0.15, 0.2) is 17.2 Å². The van der Waals surface area contributed by atoms with E-state index in [4.69, 9.17) is 32.0 Å². The Kier molecular flexibility index (Phi) is 8.87. The van der Waals surface area contributed by atoms with E-state index >= 15 is 0 Å². The van der Waals surface area contributed by atoms with Crippen LogP contribution in [0, 0.1) is 11.8 Å². The smallest absolute Gasteiger partial charge is 0.490 e. The van der Waals surface area contributed by atoms with Gasteiger partial charge in [-0.25, -0.2) is 14.3 Å². The van der Waals surface area contributed by atoms with Crippen LogP contribution in [0.25, 0.3) is 16.6 Å². The summed E-state index contributed by atoms with van der Waals surface area (Å²) in [5.74, 6) is 3.34. The largest absolute Gasteiger partial charge is 0.491 e. The number of carboxylic acid groups (broad SMARTS) is 1. The van der Waals surface area contributed by atoms with E-state index in [-0.39, 0.29) is 11.4 Å². The number of aliphatic carboxylic acids is 1. The highest BCUT2D eigenvalue weighted by Crippen LogP contribution is 2.38. The second-order valence-corrected chi connectivity index (χ2v) is 8.28. The van der Waals surface area contributed by atoms with Crippen molar-refractivity contribution >= 4 is 45.8 Å². The highest BCUT2D eigenvalue weighted by atomic mass is 35.5. The van der Waals surface area contributed by atoms with Gasteiger partial charge < -0.3 is 20.9 Å². The maximum absolute atomic E-state index is 13.1. The van der Waals surface area contributed by atoms with E-state index in [1.807, 2.05) is 20.0 Å². The van der Waals surface area contributed by atoms with Gasteiger partial charge >= 0.3 is 12.1 Å². The molecule has 39 heavy (non-hydrogen) atoms. The second kappa shape index (κ2) is 11.9. The van der Waals surface area contributed by atoms with Crippen LogP contribution in [0.15, 0.2) is 30.7 Å². The zero-order valence-corrected chi connectivity index (χ0v) is 21.6. The summed E-state index contributed by atoms with van der Waals surface area (Å²) in [7, 11) is 0. The fraction of sp³-hybridized carbons (Fsp3) is 0.292. The van der Waals surface area contributed by atoms with Crippen LogP contribution >= 0.6 is 11.6 Å². The van der Waals surface area contributed by atoms with Gasteiger partial charge in [0.1, 0.15) is 17.6 Å². The summed E-state index contributed by atoms with van der Waals surface area (Å²) in [4.78, 5) is 26.2. The molecule has 0 aliphatic rings. The summed E-state index contributed by atoms with van der Waals surface area (Å²) in [5.41, 5.74) is 7.89. The zero-order chi connectivity index (χ0) is 28.9. The Morgan fingerprint density at radius 2 is 2.03 bits per heavy atom. The first kappa shape index (κ1) is 29.1. The van der Waals surface area contributed by atoms with Crippen LogP contribution < -0.4 is 15.8 Å². The molecule has 206 valence electrons. The van der Waals surface area contributed by atoms with Gasteiger partial charge in [-0.3, -0.25) is 9.48 Å². The van der Waals surface area contributed by atoms with Crippen LogP contribution in [0.1, 0.15) is 42.7 Å². The number of ether oxygens (including phenoxy) is 1. The third kappa shape index (κ3) is 6.50. The van der Waals surface area contributed by atoms with Crippen molar-refractivity contribution in [1.29, 1.82) is 0 Å². The lowest BCUT2D eigenvalue weighted by Crippen LogP contribution is -2.27. The number of amides is 1. The van der Waals surface area contributed by atoms with Gasteiger partial charge in [-0.1, -0.05) is 17.5 Å². The first-order chi connectivity index (χ1) is 18.4. The average molecular weight is 566 g/mol. The van der Waals surface area contributed by atoms with Gasteiger partial charge in [0.05, 0.1) is 17.7 Å². The number of aromatic nitrogens is 5. The lowest BCUT2D eigenvalue weighted by atomic mass is 10.0. The minimum absolute atomic E-state index is 0.0997. The molecule has 1 atom stereocenters. The zero-order valence-electron chi connectivity index (χ0n) is 20.9. The van der Waals surface area contributed by atoms with Gasteiger partial charge in [-0.2, -0.15) is 18.3 Å². The molecule has 15 heteroatoms. The van der Waals surface area contributed by atoms with Crippen LogP contribution in [0.3, 0.4) is 0 Å². The van der Waals surface area contributed by atoms with Crippen LogP contribution in [0.5, 0.6) is 5.75 Å². The van der Waals surface area contributed by atoms with E-state index in [2.05, 4.69) is 32.3 Å². The standard InChI is InChI=1S/C22H22ClN7O2.C2HF3O2/c1-4-6-9-29-12-15-16(23)11-14(19(32-5-2)18(15)27-29)13(3)26-22(31)17-20(24)28-30-10-7-8-25-21(17)30;3-2(4,5)1(6)7/h7-8,10-13H,5,9H2,1-3H3,(H2,24,28)(H,26,31);(H,6,7). The summed E-state index contributed by atoms with van der Waals surface area (Å²) in [5, 5.41) is 20.1. The minimum atomic E-state index is -5.08. The highest BCUT2D eigenvalue weighted by Gasteiger charge is 2.38. The van der Waals surface area contributed by atoms with Crippen LogP contribution in [0.2, 0.25) is 5.02 Å². The number of hydrogen-bond donors (Lipinski definition) is 3. The van der Waals surface area contributed by atoms with Crippen molar-refractivity contribution < 1.29 is 32.6 Å². The highest BCUT2D eigenvalue weighted by molar-refractivity contribution is 6.35.